The highest BCUT2D eigenvalue weighted by Gasteiger charge is 2.13. The predicted octanol–water partition coefficient (Wildman–Crippen LogP) is 2.17. The van der Waals surface area contributed by atoms with Crippen molar-refractivity contribution in [1.29, 1.82) is 0 Å². The Kier molecular flexibility index (Phi) is 3.51. The van der Waals surface area contributed by atoms with Crippen LogP contribution in [0.1, 0.15) is 20.7 Å². The number of aromatic carboxylic acids is 1. The van der Waals surface area contributed by atoms with Crippen LogP contribution in [0.4, 0.5) is 10.1 Å². The van der Waals surface area contributed by atoms with Gasteiger partial charge in [-0.25, -0.2) is 9.18 Å². The summed E-state index contributed by atoms with van der Waals surface area (Å²) in [5, 5.41) is 11.4. The van der Waals surface area contributed by atoms with Crippen molar-refractivity contribution in [3.8, 4) is 0 Å². The average molecular weight is 260 g/mol. The van der Waals surface area contributed by atoms with Crippen LogP contribution in [0.3, 0.4) is 0 Å². The van der Waals surface area contributed by atoms with Crippen LogP contribution in [0.2, 0.25) is 0 Å². The summed E-state index contributed by atoms with van der Waals surface area (Å²) in [6.07, 6.45) is 2.17. The van der Waals surface area contributed by atoms with E-state index in [0.29, 0.717) is 0 Å². The Hall–Kier alpha value is -2.76. The van der Waals surface area contributed by atoms with Gasteiger partial charge in [-0.1, -0.05) is 12.1 Å². The summed E-state index contributed by atoms with van der Waals surface area (Å²) in [6.45, 7) is 0. The van der Waals surface area contributed by atoms with Crippen molar-refractivity contribution in [3.63, 3.8) is 0 Å². The van der Waals surface area contributed by atoms with E-state index < -0.39 is 17.7 Å². The second-order valence-electron chi connectivity index (χ2n) is 3.70. The quantitative estimate of drug-likeness (QED) is 0.886. The van der Waals surface area contributed by atoms with Crippen LogP contribution in [-0.4, -0.2) is 22.0 Å². The second-order valence-corrected chi connectivity index (χ2v) is 3.70. The second kappa shape index (κ2) is 5.26. The first-order valence-electron chi connectivity index (χ1n) is 5.32. The van der Waals surface area contributed by atoms with Gasteiger partial charge in [-0.3, -0.25) is 9.78 Å². The molecule has 0 saturated heterocycles. The summed E-state index contributed by atoms with van der Waals surface area (Å²) in [5.41, 5.74) is 0.115. The monoisotopic (exact) mass is 260 g/mol. The fourth-order valence-corrected chi connectivity index (χ4v) is 1.51. The molecule has 0 bridgehead atoms. The van der Waals surface area contributed by atoms with E-state index in [1.165, 1.54) is 18.3 Å². The number of pyridine rings is 1. The molecule has 1 amide bonds. The fourth-order valence-electron chi connectivity index (χ4n) is 1.51. The maximum atomic E-state index is 12.9. The number of para-hydroxylation sites is 1. The van der Waals surface area contributed by atoms with Crippen molar-refractivity contribution in [2.45, 2.75) is 0 Å². The van der Waals surface area contributed by atoms with Crippen molar-refractivity contribution < 1.29 is 19.1 Å². The van der Waals surface area contributed by atoms with Crippen molar-refractivity contribution in [1.82, 2.24) is 4.98 Å². The fraction of sp³-hybridized carbons (Fsp3) is 0. The van der Waals surface area contributed by atoms with E-state index in [1.54, 1.807) is 12.1 Å². The molecule has 19 heavy (non-hydrogen) atoms. The van der Waals surface area contributed by atoms with Crippen LogP contribution in [0.25, 0.3) is 0 Å². The molecular formula is C13H9FN2O3. The van der Waals surface area contributed by atoms with E-state index in [4.69, 9.17) is 5.11 Å². The Bertz CT molecular complexity index is 643. The molecule has 0 fully saturated rings. The number of carboxylic acids is 1. The van der Waals surface area contributed by atoms with E-state index in [0.717, 1.165) is 12.3 Å². The number of amides is 1. The van der Waals surface area contributed by atoms with E-state index in [1.807, 2.05) is 0 Å². The average Bonchev–Trinajstić information content (AvgIpc) is 2.39. The Balaban J connectivity index is 2.27. The van der Waals surface area contributed by atoms with Crippen molar-refractivity contribution in [3.05, 3.63) is 59.7 Å². The normalized spacial score (nSPS) is 9.95. The molecule has 0 radical (unpaired) electrons. The first-order valence-corrected chi connectivity index (χ1v) is 5.32. The van der Waals surface area contributed by atoms with E-state index in [2.05, 4.69) is 10.3 Å². The van der Waals surface area contributed by atoms with Gasteiger partial charge in [0.15, 0.2) is 0 Å². The van der Waals surface area contributed by atoms with Crippen LogP contribution >= 0.6 is 0 Å². The molecule has 0 saturated carbocycles. The SMILES string of the molecule is O=C(Nc1ccccc1C(=O)O)c1cncc(F)c1. The summed E-state index contributed by atoms with van der Waals surface area (Å²) in [5.74, 6) is -2.42. The highest BCUT2D eigenvalue weighted by molar-refractivity contribution is 6.07. The third-order valence-corrected chi connectivity index (χ3v) is 2.37. The molecule has 5 nitrogen and oxygen atoms in total. The number of anilines is 1. The molecular weight excluding hydrogens is 251 g/mol. The molecule has 0 aliphatic rings. The number of hydrogen-bond acceptors (Lipinski definition) is 3. The molecule has 0 unspecified atom stereocenters. The maximum absolute atomic E-state index is 12.9. The van der Waals surface area contributed by atoms with Gasteiger partial charge in [0.2, 0.25) is 0 Å². The summed E-state index contributed by atoms with van der Waals surface area (Å²) in [4.78, 5) is 26.4. The van der Waals surface area contributed by atoms with E-state index in [-0.39, 0.29) is 16.8 Å². The molecule has 0 aliphatic carbocycles. The third-order valence-electron chi connectivity index (χ3n) is 2.37. The first-order chi connectivity index (χ1) is 9.08. The van der Waals surface area contributed by atoms with E-state index >= 15 is 0 Å². The zero-order valence-corrected chi connectivity index (χ0v) is 9.63. The van der Waals surface area contributed by atoms with Crippen LogP contribution in [-0.2, 0) is 0 Å². The van der Waals surface area contributed by atoms with Crippen molar-refractivity contribution in [2.75, 3.05) is 5.32 Å². The summed E-state index contributed by atoms with van der Waals surface area (Å²) in [7, 11) is 0. The zero-order chi connectivity index (χ0) is 13.8. The molecule has 6 heteroatoms. The van der Waals surface area contributed by atoms with Crippen LogP contribution in [0.5, 0.6) is 0 Å². The summed E-state index contributed by atoms with van der Waals surface area (Å²) in [6, 6.07) is 6.97. The van der Waals surface area contributed by atoms with Crippen LogP contribution < -0.4 is 5.32 Å². The topological polar surface area (TPSA) is 79.3 Å². The van der Waals surface area contributed by atoms with Gasteiger partial charge in [0.05, 0.1) is 23.0 Å². The van der Waals surface area contributed by atoms with E-state index in [9.17, 15) is 14.0 Å². The highest BCUT2D eigenvalue weighted by Crippen LogP contribution is 2.16. The summed E-state index contributed by atoms with van der Waals surface area (Å²) >= 11 is 0. The van der Waals surface area contributed by atoms with Gasteiger partial charge < -0.3 is 10.4 Å². The molecule has 1 aromatic carbocycles. The minimum Gasteiger partial charge on any atom is -0.478 e. The molecule has 1 aromatic heterocycles. The number of rotatable bonds is 3. The smallest absolute Gasteiger partial charge is 0.337 e. The number of aromatic nitrogens is 1. The Morgan fingerprint density at radius 1 is 1.21 bits per heavy atom. The number of hydrogen-bond donors (Lipinski definition) is 2. The molecule has 0 spiro atoms. The van der Waals surface area contributed by atoms with Gasteiger partial charge in [0, 0.05) is 6.20 Å². The first kappa shape index (κ1) is 12.7. The van der Waals surface area contributed by atoms with Gasteiger partial charge in [0.1, 0.15) is 5.82 Å². The van der Waals surface area contributed by atoms with Gasteiger partial charge >= 0.3 is 5.97 Å². The van der Waals surface area contributed by atoms with Crippen molar-refractivity contribution in [2.24, 2.45) is 0 Å². The number of carbonyl (C=O) groups excluding carboxylic acids is 1. The Morgan fingerprint density at radius 2 is 1.95 bits per heavy atom. The lowest BCUT2D eigenvalue weighted by molar-refractivity contribution is 0.0698. The molecule has 96 valence electrons. The number of carboxylic acid groups (broad SMARTS) is 1. The molecule has 0 atom stereocenters. The van der Waals surface area contributed by atoms with Crippen LogP contribution in [0.15, 0.2) is 42.7 Å². The number of nitrogens with one attached hydrogen (secondary N) is 1. The van der Waals surface area contributed by atoms with Gasteiger partial charge in [-0.05, 0) is 18.2 Å². The Labute approximate surface area is 107 Å². The maximum Gasteiger partial charge on any atom is 0.337 e. The number of benzene rings is 1. The largest absolute Gasteiger partial charge is 0.478 e. The van der Waals surface area contributed by atoms with Gasteiger partial charge in [0.25, 0.3) is 5.91 Å². The number of halogens is 1. The highest BCUT2D eigenvalue weighted by atomic mass is 19.1. The van der Waals surface area contributed by atoms with Crippen molar-refractivity contribution >= 4 is 17.6 Å². The minimum absolute atomic E-state index is 0.0141. The molecule has 1 heterocycles. The predicted molar refractivity (Wildman–Crippen MR) is 65.5 cm³/mol. The molecule has 0 aliphatic heterocycles. The lowest BCUT2D eigenvalue weighted by Gasteiger charge is -2.07. The lowest BCUT2D eigenvalue weighted by atomic mass is 10.1. The molecule has 2 rings (SSSR count). The standard InChI is InChI=1S/C13H9FN2O3/c14-9-5-8(6-15-7-9)12(17)16-11-4-2-1-3-10(11)13(18)19/h1-7H,(H,16,17)(H,18,19). The Morgan fingerprint density at radius 3 is 2.63 bits per heavy atom. The number of nitrogens with zero attached hydrogens (tertiary/aromatic N) is 1. The molecule has 2 aromatic rings. The van der Waals surface area contributed by atoms with Gasteiger partial charge in [-0.2, -0.15) is 0 Å². The lowest BCUT2D eigenvalue weighted by Crippen LogP contribution is -2.15. The summed E-state index contributed by atoms with van der Waals surface area (Å²) < 4.78 is 12.9. The zero-order valence-electron chi connectivity index (χ0n) is 9.63. The van der Waals surface area contributed by atoms with Gasteiger partial charge in [-0.15, -0.1) is 0 Å². The van der Waals surface area contributed by atoms with Crippen LogP contribution in [0, 0.1) is 5.82 Å². The third kappa shape index (κ3) is 2.92. The number of carbonyl (C=O) groups is 2. The molecule has 2 N–H and O–H groups in total. The minimum atomic E-state index is -1.16.